The molecule has 0 spiro atoms. The van der Waals surface area contributed by atoms with Crippen LogP contribution in [0.1, 0.15) is 30.6 Å². The van der Waals surface area contributed by atoms with Crippen LogP contribution in [0.3, 0.4) is 0 Å². The summed E-state index contributed by atoms with van der Waals surface area (Å²) in [5.74, 6) is 1.50. The molecule has 1 aliphatic rings. The summed E-state index contributed by atoms with van der Waals surface area (Å²) in [7, 11) is 0. The number of benzene rings is 2. The van der Waals surface area contributed by atoms with Crippen molar-refractivity contribution in [2.45, 2.75) is 19.3 Å². The van der Waals surface area contributed by atoms with Crippen LogP contribution in [0.5, 0.6) is 0 Å². The predicted molar refractivity (Wildman–Crippen MR) is 85.6 cm³/mol. The van der Waals surface area contributed by atoms with Gasteiger partial charge < -0.3 is 8.83 Å². The van der Waals surface area contributed by atoms with Crippen LogP contribution in [0.2, 0.25) is 0 Å². The highest BCUT2D eigenvalue weighted by Gasteiger charge is 2.21. The molecule has 4 aromatic rings. The van der Waals surface area contributed by atoms with Gasteiger partial charge in [-0.2, -0.15) is 0 Å². The largest absolute Gasteiger partial charge is 0.456 e. The van der Waals surface area contributed by atoms with E-state index in [1.54, 1.807) is 0 Å². The summed E-state index contributed by atoms with van der Waals surface area (Å²) in [6.45, 7) is 2.26. The molecule has 102 valence electrons. The standard InChI is InChI=1S/C19H14O2/c1-11-5-4-8-16-19(11)14-9-13-12-6-2-3-7-15(12)20-17(13)10-18(14)21-16/h2-4,6-11H,5H2,1H3. The second kappa shape index (κ2) is 3.79. The summed E-state index contributed by atoms with van der Waals surface area (Å²) in [6.07, 6.45) is 5.36. The van der Waals surface area contributed by atoms with Gasteiger partial charge in [0.25, 0.3) is 0 Å². The van der Waals surface area contributed by atoms with Crippen molar-refractivity contribution in [2.75, 3.05) is 0 Å². The van der Waals surface area contributed by atoms with E-state index in [1.165, 1.54) is 21.7 Å². The Morgan fingerprint density at radius 1 is 0.905 bits per heavy atom. The third-order valence-electron chi connectivity index (χ3n) is 4.51. The first-order valence-electron chi connectivity index (χ1n) is 7.35. The summed E-state index contributed by atoms with van der Waals surface area (Å²) < 4.78 is 12.0. The van der Waals surface area contributed by atoms with E-state index < -0.39 is 0 Å². The molecule has 2 aromatic carbocycles. The van der Waals surface area contributed by atoms with Gasteiger partial charge in [-0.25, -0.2) is 0 Å². The second-order valence-electron chi connectivity index (χ2n) is 5.86. The molecule has 5 rings (SSSR count). The summed E-state index contributed by atoms with van der Waals surface area (Å²) >= 11 is 0. The zero-order valence-corrected chi connectivity index (χ0v) is 11.7. The Kier molecular flexibility index (Phi) is 2.02. The number of fused-ring (bicyclic) bond motifs is 6. The maximum Gasteiger partial charge on any atom is 0.139 e. The topological polar surface area (TPSA) is 26.3 Å². The molecule has 21 heavy (non-hydrogen) atoms. The van der Waals surface area contributed by atoms with Crippen LogP contribution in [0.15, 0.2) is 51.3 Å². The molecule has 2 aromatic heterocycles. The summed E-state index contributed by atoms with van der Waals surface area (Å²) in [6, 6.07) is 12.4. The van der Waals surface area contributed by atoms with Crippen molar-refractivity contribution in [3.05, 3.63) is 53.8 Å². The van der Waals surface area contributed by atoms with Crippen LogP contribution >= 0.6 is 0 Å². The predicted octanol–water partition coefficient (Wildman–Crippen LogP) is 5.85. The van der Waals surface area contributed by atoms with Crippen molar-refractivity contribution in [1.82, 2.24) is 0 Å². The first kappa shape index (κ1) is 11.2. The first-order valence-corrected chi connectivity index (χ1v) is 7.35. The van der Waals surface area contributed by atoms with Gasteiger partial charge in [0.1, 0.15) is 22.5 Å². The van der Waals surface area contributed by atoms with Gasteiger partial charge in [0.05, 0.1) is 0 Å². The lowest BCUT2D eigenvalue weighted by Crippen LogP contribution is -1.96. The van der Waals surface area contributed by atoms with Crippen molar-refractivity contribution in [2.24, 2.45) is 0 Å². The molecule has 0 saturated carbocycles. The number of rotatable bonds is 0. The van der Waals surface area contributed by atoms with Crippen LogP contribution in [-0.2, 0) is 0 Å². The van der Waals surface area contributed by atoms with Crippen molar-refractivity contribution in [3.63, 3.8) is 0 Å². The molecule has 1 aliphatic carbocycles. The molecule has 0 saturated heterocycles. The fourth-order valence-corrected chi connectivity index (χ4v) is 3.48. The van der Waals surface area contributed by atoms with E-state index in [9.17, 15) is 0 Å². The molecule has 2 heteroatoms. The van der Waals surface area contributed by atoms with Crippen LogP contribution in [0.25, 0.3) is 39.0 Å². The molecule has 0 aliphatic heterocycles. The van der Waals surface area contributed by atoms with Gasteiger partial charge >= 0.3 is 0 Å². The summed E-state index contributed by atoms with van der Waals surface area (Å²) in [5, 5.41) is 3.56. The molecule has 0 N–H and O–H groups in total. The normalized spacial score (nSPS) is 17.9. The average Bonchev–Trinajstić information content (AvgIpc) is 3.02. The van der Waals surface area contributed by atoms with Crippen molar-refractivity contribution in [1.29, 1.82) is 0 Å². The van der Waals surface area contributed by atoms with E-state index in [1.807, 2.05) is 18.2 Å². The van der Waals surface area contributed by atoms with Gasteiger partial charge in [-0.3, -0.25) is 0 Å². The van der Waals surface area contributed by atoms with Gasteiger partial charge in [0.2, 0.25) is 0 Å². The van der Waals surface area contributed by atoms with Gasteiger partial charge in [-0.05, 0) is 30.5 Å². The monoisotopic (exact) mass is 274 g/mol. The fraction of sp³-hybridized carbons (Fsp3) is 0.158. The van der Waals surface area contributed by atoms with Crippen LogP contribution < -0.4 is 0 Å². The molecule has 0 bridgehead atoms. The summed E-state index contributed by atoms with van der Waals surface area (Å²) in [4.78, 5) is 0. The Balaban J connectivity index is 1.96. The van der Waals surface area contributed by atoms with Gasteiger partial charge in [-0.15, -0.1) is 0 Å². The van der Waals surface area contributed by atoms with E-state index in [4.69, 9.17) is 8.83 Å². The number of hydrogen-bond acceptors (Lipinski definition) is 2. The molecule has 2 heterocycles. The number of furan rings is 2. The van der Waals surface area contributed by atoms with Gasteiger partial charge in [0.15, 0.2) is 0 Å². The quantitative estimate of drug-likeness (QED) is 0.402. The van der Waals surface area contributed by atoms with Crippen LogP contribution in [-0.4, -0.2) is 0 Å². The first-order chi connectivity index (χ1) is 10.3. The van der Waals surface area contributed by atoms with Crippen molar-refractivity contribution in [3.8, 4) is 0 Å². The fourth-order valence-electron chi connectivity index (χ4n) is 3.48. The molecule has 0 radical (unpaired) electrons. The van der Waals surface area contributed by atoms with Crippen molar-refractivity contribution >= 4 is 39.0 Å². The Labute approximate surface area is 121 Å². The SMILES string of the molecule is CC1CC=Cc2oc3cc4oc5ccccc5c4cc3c21. The third-order valence-corrected chi connectivity index (χ3v) is 4.51. The highest BCUT2D eigenvalue weighted by molar-refractivity contribution is 6.10. The third kappa shape index (κ3) is 1.42. The minimum Gasteiger partial charge on any atom is -0.456 e. The van der Waals surface area contributed by atoms with Gasteiger partial charge in [0, 0.05) is 27.8 Å². The smallest absolute Gasteiger partial charge is 0.139 e. The minimum absolute atomic E-state index is 0.502. The Morgan fingerprint density at radius 3 is 2.71 bits per heavy atom. The van der Waals surface area contributed by atoms with Crippen molar-refractivity contribution < 1.29 is 8.83 Å². The lowest BCUT2D eigenvalue weighted by atomic mass is 9.90. The maximum atomic E-state index is 6.02. The zero-order valence-electron chi connectivity index (χ0n) is 11.7. The lowest BCUT2D eigenvalue weighted by molar-refractivity contribution is 0.585. The Morgan fingerprint density at radius 2 is 1.76 bits per heavy atom. The molecule has 1 atom stereocenters. The van der Waals surface area contributed by atoms with E-state index in [0.717, 1.165) is 28.9 Å². The number of para-hydroxylation sites is 1. The van der Waals surface area contributed by atoms with Crippen LogP contribution in [0, 0.1) is 0 Å². The molecular formula is C19H14O2. The molecular weight excluding hydrogens is 260 g/mol. The van der Waals surface area contributed by atoms with Gasteiger partial charge in [-0.1, -0.05) is 31.2 Å². The highest BCUT2D eigenvalue weighted by Crippen LogP contribution is 2.41. The second-order valence-corrected chi connectivity index (χ2v) is 5.86. The molecule has 0 fully saturated rings. The Bertz CT molecular complexity index is 1030. The summed E-state index contributed by atoms with van der Waals surface area (Å²) in [5.41, 5.74) is 4.08. The number of hydrogen-bond donors (Lipinski definition) is 0. The molecule has 1 unspecified atom stereocenters. The highest BCUT2D eigenvalue weighted by atomic mass is 16.3. The lowest BCUT2D eigenvalue weighted by Gasteiger charge is -2.12. The zero-order chi connectivity index (χ0) is 14.0. The molecule has 2 nitrogen and oxygen atoms in total. The van der Waals surface area contributed by atoms with E-state index in [0.29, 0.717) is 5.92 Å². The van der Waals surface area contributed by atoms with E-state index >= 15 is 0 Å². The maximum absolute atomic E-state index is 6.02. The molecule has 0 amide bonds. The minimum atomic E-state index is 0.502. The van der Waals surface area contributed by atoms with Crippen LogP contribution in [0.4, 0.5) is 0 Å². The van der Waals surface area contributed by atoms with E-state index in [2.05, 4.69) is 37.3 Å². The number of allylic oxidation sites excluding steroid dienone is 1. The van der Waals surface area contributed by atoms with E-state index in [-0.39, 0.29) is 0 Å². The average molecular weight is 274 g/mol. The Hall–Kier alpha value is -2.48.